The van der Waals surface area contributed by atoms with Gasteiger partial charge in [0.15, 0.2) is 5.78 Å². The molecule has 0 fully saturated rings. The van der Waals surface area contributed by atoms with Gasteiger partial charge in [-0.2, -0.15) is 5.10 Å². The van der Waals surface area contributed by atoms with E-state index >= 15 is 0 Å². The van der Waals surface area contributed by atoms with Crippen molar-refractivity contribution in [3.8, 4) is 11.3 Å². The zero-order valence-corrected chi connectivity index (χ0v) is 13.3. The number of nitrogens with zero attached hydrogens (tertiary/aromatic N) is 2. The summed E-state index contributed by atoms with van der Waals surface area (Å²) in [5, 5.41) is 4.37. The number of ketones is 1. The van der Waals surface area contributed by atoms with Gasteiger partial charge in [-0.15, -0.1) is 0 Å². The number of nitrogen functional groups attached to an aromatic ring is 1. The molecule has 0 bridgehead atoms. The van der Waals surface area contributed by atoms with Crippen molar-refractivity contribution in [3.05, 3.63) is 82.1 Å². The summed E-state index contributed by atoms with van der Waals surface area (Å²) in [5.41, 5.74) is 7.31. The maximum atomic E-state index is 12.9. The van der Waals surface area contributed by atoms with Crippen LogP contribution in [0.25, 0.3) is 11.3 Å². The quantitative estimate of drug-likeness (QED) is 0.750. The van der Waals surface area contributed by atoms with E-state index in [0.717, 1.165) is 5.56 Å². The molecule has 0 spiro atoms. The van der Waals surface area contributed by atoms with Crippen LogP contribution in [0.1, 0.15) is 22.8 Å². The minimum Gasteiger partial charge on any atom is -0.394 e. The summed E-state index contributed by atoms with van der Waals surface area (Å²) in [7, 11) is 0. The molecule has 0 saturated heterocycles. The number of aryl methyl sites for hydroxylation is 1. The maximum absolute atomic E-state index is 12.9. The smallest absolute Gasteiger partial charge is 0.290 e. The van der Waals surface area contributed by atoms with Gasteiger partial charge in [0, 0.05) is 17.7 Å². The standard InChI is InChI=1S/C19H17N3O2/c1-2-22-19(24)16(20)15(18(23)14-11-7-4-8-12-14)17(21-22)13-9-5-3-6-10-13/h3-12H,2,20H2,1H3. The van der Waals surface area contributed by atoms with E-state index in [1.54, 1.807) is 31.2 Å². The molecule has 0 radical (unpaired) electrons. The summed E-state index contributed by atoms with van der Waals surface area (Å²) in [6.45, 7) is 2.18. The number of carbonyl (C=O) groups excluding carboxylic acids is 1. The number of aromatic nitrogens is 2. The molecule has 1 heterocycles. The van der Waals surface area contributed by atoms with E-state index < -0.39 is 5.56 Å². The van der Waals surface area contributed by atoms with E-state index in [0.29, 0.717) is 17.8 Å². The lowest BCUT2D eigenvalue weighted by Crippen LogP contribution is -2.29. The van der Waals surface area contributed by atoms with Crippen LogP contribution in [-0.4, -0.2) is 15.6 Å². The Labute approximate surface area is 139 Å². The normalized spacial score (nSPS) is 10.5. The summed E-state index contributed by atoms with van der Waals surface area (Å²) in [5.74, 6) is -0.306. The molecule has 0 atom stereocenters. The molecule has 3 aromatic rings. The highest BCUT2D eigenvalue weighted by molar-refractivity contribution is 6.15. The first kappa shape index (κ1) is 15.7. The average Bonchev–Trinajstić information content (AvgIpc) is 2.64. The molecular weight excluding hydrogens is 302 g/mol. The van der Waals surface area contributed by atoms with E-state index in [-0.39, 0.29) is 17.0 Å². The SMILES string of the molecule is CCn1nc(-c2ccccc2)c(C(=O)c2ccccc2)c(N)c1=O. The van der Waals surface area contributed by atoms with Crippen molar-refractivity contribution >= 4 is 11.5 Å². The van der Waals surface area contributed by atoms with Crippen molar-refractivity contribution in [3.63, 3.8) is 0 Å². The predicted octanol–water partition coefficient (Wildman–Crippen LogP) is 2.74. The van der Waals surface area contributed by atoms with Gasteiger partial charge < -0.3 is 5.73 Å². The van der Waals surface area contributed by atoms with E-state index in [1.165, 1.54) is 4.68 Å². The average molecular weight is 319 g/mol. The maximum Gasteiger partial charge on any atom is 0.290 e. The topological polar surface area (TPSA) is 78.0 Å². The summed E-state index contributed by atoms with van der Waals surface area (Å²) in [6, 6.07) is 18.0. The highest BCUT2D eigenvalue weighted by atomic mass is 16.1. The Balaban J connectivity index is 2.30. The molecule has 0 aliphatic carbocycles. The molecule has 120 valence electrons. The van der Waals surface area contributed by atoms with Gasteiger partial charge in [-0.1, -0.05) is 60.7 Å². The summed E-state index contributed by atoms with van der Waals surface area (Å²) >= 11 is 0. The minimum absolute atomic E-state index is 0.0699. The lowest BCUT2D eigenvalue weighted by Gasteiger charge is -2.13. The molecule has 5 heteroatoms. The van der Waals surface area contributed by atoms with Crippen LogP contribution in [-0.2, 0) is 6.54 Å². The molecule has 0 unspecified atom stereocenters. The number of hydrogen-bond donors (Lipinski definition) is 1. The second-order valence-corrected chi connectivity index (χ2v) is 5.32. The van der Waals surface area contributed by atoms with Crippen LogP contribution < -0.4 is 11.3 Å². The number of benzene rings is 2. The Morgan fingerprint density at radius 3 is 2.21 bits per heavy atom. The third kappa shape index (κ3) is 2.72. The first-order valence-electron chi connectivity index (χ1n) is 7.69. The highest BCUT2D eigenvalue weighted by Gasteiger charge is 2.23. The van der Waals surface area contributed by atoms with E-state index in [2.05, 4.69) is 5.10 Å². The van der Waals surface area contributed by atoms with Gasteiger partial charge in [0.1, 0.15) is 11.4 Å². The summed E-state index contributed by atoms with van der Waals surface area (Å²) in [6.07, 6.45) is 0. The zero-order valence-electron chi connectivity index (χ0n) is 13.3. The summed E-state index contributed by atoms with van der Waals surface area (Å²) in [4.78, 5) is 25.3. The Bertz CT molecular complexity index is 932. The van der Waals surface area contributed by atoms with E-state index in [1.807, 2.05) is 36.4 Å². The van der Waals surface area contributed by atoms with Gasteiger partial charge in [0.2, 0.25) is 0 Å². The largest absolute Gasteiger partial charge is 0.394 e. The van der Waals surface area contributed by atoms with E-state index in [4.69, 9.17) is 5.73 Å². The molecule has 5 nitrogen and oxygen atoms in total. The molecule has 0 saturated carbocycles. The Kier molecular flexibility index (Phi) is 4.24. The van der Waals surface area contributed by atoms with Gasteiger partial charge in [0.05, 0.1) is 5.56 Å². The van der Waals surface area contributed by atoms with Crippen molar-refractivity contribution in [1.29, 1.82) is 0 Å². The number of carbonyl (C=O) groups is 1. The fraction of sp³-hybridized carbons (Fsp3) is 0.105. The number of nitrogens with two attached hydrogens (primary N) is 1. The van der Waals surface area contributed by atoms with Crippen LogP contribution in [0.2, 0.25) is 0 Å². The first-order valence-corrected chi connectivity index (χ1v) is 7.69. The van der Waals surface area contributed by atoms with Gasteiger partial charge in [0.25, 0.3) is 5.56 Å². The fourth-order valence-corrected chi connectivity index (χ4v) is 2.57. The number of rotatable bonds is 4. The van der Waals surface area contributed by atoms with Crippen molar-refractivity contribution in [2.45, 2.75) is 13.5 Å². The van der Waals surface area contributed by atoms with Crippen LogP contribution >= 0.6 is 0 Å². The third-order valence-corrected chi connectivity index (χ3v) is 3.80. The molecule has 0 amide bonds. The van der Waals surface area contributed by atoms with Crippen LogP contribution in [0.4, 0.5) is 5.69 Å². The Hall–Kier alpha value is -3.21. The molecule has 0 aliphatic rings. The lowest BCUT2D eigenvalue weighted by molar-refractivity contribution is 0.103. The second-order valence-electron chi connectivity index (χ2n) is 5.32. The Morgan fingerprint density at radius 2 is 1.62 bits per heavy atom. The van der Waals surface area contributed by atoms with Crippen molar-refractivity contribution in [2.24, 2.45) is 0 Å². The van der Waals surface area contributed by atoms with Crippen LogP contribution in [0, 0.1) is 0 Å². The van der Waals surface area contributed by atoms with Gasteiger partial charge >= 0.3 is 0 Å². The van der Waals surface area contributed by atoms with Gasteiger partial charge in [-0.25, -0.2) is 4.68 Å². The highest BCUT2D eigenvalue weighted by Crippen LogP contribution is 2.26. The molecule has 1 aromatic heterocycles. The molecule has 3 rings (SSSR count). The molecular formula is C19H17N3O2. The minimum atomic E-state index is -0.448. The van der Waals surface area contributed by atoms with Crippen LogP contribution in [0.3, 0.4) is 0 Å². The van der Waals surface area contributed by atoms with Crippen LogP contribution in [0.15, 0.2) is 65.5 Å². The lowest BCUT2D eigenvalue weighted by atomic mass is 9.97. The molecule has 0 aliphatic heterocycles. The van der Waals surface area contributed by atoms with Gasteiger partial charge in [-0.05, 0) is 6.92 Å². The number of hydrogen-bond acceptors (Lipinski definition) is 4. The van der Waals surface area contributed by atoms with Crippen molar-refractivity contribution in [2.75, 3.05) is 5.73 Å². The predicted molar refractivity (Wildman–Crippen MR) is 93.9 cm³/mol. The second kappa shape index (κ2) is 6.50. The molecule has 2 N–H and O–H groups in total. The Morgan fingerprint density at radius 1 is 1.04 bits per heavy atom. The third-order valence-electron chi connectivity index (χ3n) is 3.80. The number of anilines is 1. The fourth-order valence-electron chi connectivity index (χ4n) is 2.57. The van der Waals surface area contributed by atoms with Crippen molar-refractivity contribution < 1.29 is 4.79 Å². The monoisotopic (exact) mass is 319 g/mol. The van der Waals surface area contributed by atoms with Crippen molar-refractivity contribution in [1.82, 2.24) is 9.78 Å². The van der Waals surface area contributed by atoms with E-state index in [9.17, 15) is 9.59 Å². The molecule has 2 aromatic carbocycles. The van der Waals surface area contributed by atoms with Crippen LogP contribution in [0.5, 0.6) is 0 Å². The van der Waals surface area contributed by atoms with Gasteiger partial charge in [-0.3, -0.25) is 9.59 Å². The summed E-state index contributed by atoms with van der Waals surface area (Å²) < 4.78 is 1.28. The first-order chi connectivity index (χ1) is 11.6. The zero-order chi connectivity index (χ0) is 17.1. The molecule has 24 heavy (non-hydrogen) atoms.